The molecular formula is C11H10BrNOS. The molecule has 1 N–H and O–H groups in total. The molecule has 0 aliphatic rings. The number of hydrogen-bond donors (Lipinski definition) is 1. The first kappa shape index (κ1) is 10.8. The molecule has 0 saturated heterocycles. The highest BCUT2D eigenvalue weighted by molar-refractivity contribution is 9.10. The van der Waals surface area contributed by atoms with E-state index in [-0.39, 0.29) is 0 Å². The van der Waals surface area contributed by atoms with Crippen LogP contribution in [0, 0.1) is 0 Å². The van der Waals surface area contributed by atoms with E-state index in [0.717, 1.165) is 15.0 Å². The summed E-state index contributed by atoms with van der Waals surface area (Å²) in [5.41, 5.74) is 0.720. The first-order chi connectivity index (χ1) is 7.27. The summed E-state index contributed by atoms with van der Waals surface area (Å²) in [7, 11) is 0. The molecule has 1 unspecified atom stereocenters. The molecule has 2 aromatic rings. The third kappa shape index (κ3) is 2.65. The second-order valence-electron chi connectivity index (χ2n) is 3.17. The maximum absolute atomic E-state index is 9.94. The van der Waals surface area contributed by atoms with Crippen molar-refractivity contribution < 1.29 is 5.11 Å². The molecule has 0 radical (unpaired) electrons. The molecule has 0 fully saturated rings. The predicted octanol–water partition coefficient (Wildman–Crippen LogP) is 3.18. The summed E-state index contributed by atoms with van der Waals surface area (Å²) in [6.45, 7) is 0. The highest BCUT2D eigenvalue weighted by Crippen LogP contribution is 2.27. The van der Waals surface area contributed by atoms with Crippen molar-refractivity contribution in [3.63, 3.8) is 0 Å². The highest BCUT2D eigenvalue weighted by Gasteiger charge is 2.12. The molecule has 1 atom stereocenters. The quantitative estimate of drug-likeness (QED) is 0.939. The van der Waals surface area contributed by atoms with Crippen LogP contribution in [0.15, 0.2) is 40.3 Å². The average molecular weight is 284 g/mol. The van der Waals surface area contributed by atoms with Crippen LogP contribution in [0.4, 0.5) is 0 Å². The Morgan fingerprint density at radius 3 is 2.87 bits per heavy atom. The van der Waals surface area contributed by atoms with Gasteiger partial charge in [0, 0.05) is 22.0 Å². The van der Waals surface area contributed by atoms with Crippen LogP contribution in [0.2, 0.25) is 0 Å². The van der Waals surface area contributed by atoms with Crippen LogP contribution in [0.3, 0.4) is 0 Å². The molecule has 0 spiro atoms. The minimum atomic E-state index is -0.527. The molecule has 0 aliphatic carbocycles. The number of pyridine rings is 1. The van der Waals surface area contributed by atoms with Gasteiger partial charge in [0.2, 0.25) is 0 Å². The number of aliphatic hydroxyl groups is 1. The molecule has 2 nitrogen and oxygen atoms in total. The predicted molar refractivity (Wildman–Crippen MR) is 64.9 cm³/mol. The fourth-order valence-electron chi connectivity index (χ4n) is 1.32. The van der Waals surface area contributed by atoms with E-state index >= 15 is 0 Å². The molecule has 2 rings (SSSR count). The van der Waals surface area contributed by atoms with Gasteiger partial charge in [0.1, 0.15) is 6.10 Å². The Hall–Kier alpha value is -0.710. The third-order valence-corrected chi connectivity index (χ3v) is 4.05. The van der Waals surface area contributed by atoms with Crippen molar-refractivity contribution in [1.29, 1.82) is 0 Å². The summed E-state index contributed by atoms with van der Waals surface area (Å²) in [6, 6.07) is 7.56. The van der Waals surface area contributed by atoms with Crippen molar-refractivity contribution in [2.45, 2.75) is 12.5 Å². The normalized spacial score (nSPS) is 12.7. The number of rotatable bonds is 3. The van der Waals surface area contributed by atoms with Crippen molar-refractivity contribution in [2.24, 2.45) is 0 Å². The summed E-state index contributed by atoms with van der Waals surface area (Å²) in [5, 5.41) is 11.9. The van der Waals surface area contributed by atoms with E-state index in [1.807, 2.05) is 29.6 Å². The Bertz CT molecular complexity index is 429. The highest BCUT2D eigenvalue weighted by atomic mass is 79.9. The van der Waals surface area contributed by atoms with Gasteiger partial charge in [-0.15, -0.1) is 11.3 Å². The first-order valence-corrected chi connectivity index (χ1v) is 6.25. The third-order valence-electron chi connectivity index (χ3n) is 2.10. The number of halogens is 1. The van der Waals surface area contributed by atoms with E-state index < -0.39 is 6.10 Å². The van der Waals surface area contributed by atoms with Crippen LogP contribution in [-0.4, -0.2) is 10.1 Å². The summed E-state index contributed by atoms with van der Waals surface area (Å²) >= 11 is 5.08. The molecule has 0 amide bonds. The summed E-state index contributed by atoms with van der Waals surface area (Å²) in [5.74, 6) is 0. The van der Waals surface area contributed by atoms with E-state index in [1.165, 1.54) is 0 Å². The van der Waals surface area contributed by atoms with Gasteiger partial charge in [-0.05, 0) is 39.5 Å². The molecule has 0 aliphatic heterocycles. The van der Waals surface area contributed by atoms with Gasteiger partial charge in [-0.3, -0.25) is 4.98 Å². The van der Waals surface area contributed by atoms with Gasteiger partial charge in [-0.1, -0.05) is 6.07 Å². The van der Waals surface area contributed by atoms with Crippen molar-refractivity contribution >= 4 is 27.3 Å². The zero-order chi connectivity index (χ0) is 10.7. The van der Waals surface area contributed by atoms with Gasteiger partial charge in [0.25, 0.3) is 0 Å². The van der Waals surface area contributed by atoms with E-state index in [9.17, 15) is 5.11 Å². The van der Waals surface area contributed by atoms with Crippen LogP contribution < -0.4 is 0 Å². The molecule has 0 aromatic carbocycles. The Labute approximate surface area is 101 Å². The van der Waals surface area contributed by atoms with Crippen LogP contribution in [0.25, 0.3) is 0 Å². The lowest BCUT2D eigenvalue weighted by atomic mass is 10.1. The van der Waals surface area contributed by atoms with Crippen LogP contribution >= 0.6 is 27.3 Å². The maximum Gasteiger partial charge on any atom is 0.101 e. The van der Waals surface area contributed by atoms with Crippen molar-refractivity contribution in [3.05, 3.63) is 50.9 Å². The van der Waals surface area contributed by atoms with E-state index in [1.54, 1.807) is 17.5 Å². The smallest absolute Gasteiger partial charge is 0.101 e. The van der Waals surface area contributed by atoms with Crippen molar-refractivity contribution in [1.82, 2.24) is 4.98 Å². The fraction of sp³-hybridized carbons (Fsp3) is 0.182. The number of aliphatic hydroxyl groups excluding tert-OH is 1. The second kappa shape index (κ2) is 4.88. The van der Waals surface area contributed by atoms with Crippen LogP contribution in [-0.2, 0) is 6.42 Å². The van der Waals surface area contributed by atoms with Gasteiger partial charge in [-0.25, -0.2) is 0 Å². The molecule has 78 valence electrons. The lowest BCUT2D eigenvalue weighted by Crippen LogP contribution is -2.02. The van der Waals surface area contributed by atoms with Gasteiger partial charge in [0.05, 0.1) is 5.69 Å². The lowest BCUT2D eigenvalue weighted by molar-refractivity contribution is 0.174. The van der Waals surface area contributed by atoms with Gasteiger partial charge in [0.15, 0.2) is 0 Å². The van der Waals surface area contributed by atoms with Gasteiger partial charge >= 0.3 is 0 Å². The largest absolute Gasteiger partial charge is 0.386 e. The molecule has 2 heterocycles. The number of hydrogen-bond acceptors (Lipinski definition) is 3. The summed E-state index contributed by atoms with van der Waals surface area (Å²) < 4.78 is 1.06. The molecule has 2 aromatic heterocycles. The zero-order valence-electron chi connectivity index (χ0n) is 7.93. The Balaban J connectivity index is 2.11. The van der Waals surface area contributed by atoms with Crippen LogP contribution in [0.1, 0.15) is 16.7 Å². The Kier molecular flexibility index (Phi) is 3.51. The summed E-state index contributed by atoms with van der Waals surface area (Å²) in [4.78, 5) is 5.27. The lowest BCUT2D eigenvalue weighted by Gasteiger charge is -2.08. The number of nitrogens with zero attached hydrogens (tertiary/aromatic N) is 1. The average Bonchev–Trinajstić information content (AvgIpc) is 2.66. The molecule has 0 saturated carbocycles. The standard InChI is InChI=1S/C11H10BrNOS/c12-8-4-6-15-11(8)7-10(14)9-3-1-2-5-13-9/h1-6,10,14H,7H2. The Morgan fingerprint density at radius 1 is 1.40 bits per heavy atom. The second-order valence-corrected chi connectivity index (χ2v) is 5.02. The number of thiophene rings is 1. The maximum atomic E-state index is 9.94. The molecular weight excluding hydrogens is 274 g/mol. The minimum absolute atomic E-state index is 0.527. The SMILES string of the molecule is OC(Cc1sccc1Br)c1ccccn1. The molecule has 0 bridgehead atoms. The van der Waals surface area contributed by atoms with Gasteiger partial charge in [-0.2, -0.15) is 0 Å². The van der Waals surface area contributed by atoms with E-state index in [2.05, 4.69) is 20.9 Å². The first-order valence-electron chi connectivity index (χ1n) is 4.58. The van der Waals surface area contributed by atoms with Crippen molar-refractivity contribution in [2.75, 3.05) is 0 Å². The number of aromatic nitrogens is 1. The molecule has 4 heteroatoms. The van der Waals surface area contributed by atoms with Gasteiger partial charge < -0.3 is 5.11 Å². The van der Waals surface area contributed by atoms with E-state index in [4.69, 9.17) is 0 Å². The molecule has 15 heavy (non-hydrogen) atoms. The van der Waals surface area contributed by atoms with Crippen molar-refractivity contribution in [3.8, 4) is 0 Å². The monoisotopic (exact) mass is 283 g/mol. The van der Waals surface area contributed by atoms with Crippen LogP contribution in [0.5, 0.6) is 0 Å². The Morgan fingerprint density at radius 2 is 2.27 bits per heavy atom. The topological polar surface area (TPSA) is 33.1 Å². The summed E-state index contributed by atoms with van der Waals surface area (Å²) in [6.07, 6.45) is 1.78. The fourth-order valence-corrected chi connectivity index (χ4v) is 2.88. The zero-order valence-corrected chi connectivity index (χ0v) is 10.3. The minimum Gasteiger partial charge on any atom is -0.386 e. The van der Waals surface area contributed by atoms with E-state index in [0.29, 0.717) is 6.42 Å².